The molecule has 3 aromatic heterocycles. The summed E-state index contributed by atoms with van der Waals surface area (Å²) in [6, 6.07) is 3.47. The maximum atomic E-state index is 13.7. The number of fused-ring (bicyclic) bond motifs is 2. The smallest absolute Gasteiger partial charge is 0.195 e. The Morgan fingerprint density at radius 1 is 0.964 bits per heavy atom. The van der Waals surface area contributed by atoms with E-state index in [4.69, 9.17) is 16.2 Å². The summed E-state index contributed by atoms with van der Waals surface area (Å²) >= 11 is 0. The zero-order valence-corrected chi connectivity index (χ0v) is 17.0. The van der Waals surface area contributed by atoms with Crippen LogP contribution in [0.5, 0.6) is 5.75 Å². The summed E-state index contributed by atoms with van der Waals surface area (Å²) in [6.45, 7) is 5.91. The molecule has 9 heteroatoms. The van der Waals surface area contributed by atoms with Gasteiger partial charge in [0.25, 0.3) is 0 Å². The van der Waals surface area contributed by atoms with Crippen molar-refractivity contribution in [3.63, 3.8) is 0 Å². The Hall–Kier alpha value is -3.36. The van der Waals surface area contributed by atoms with Crippen LogP contribution in [0, 0.1) is 12.7 Å². The van der Waals surface area contributed by atoms with Gasteiger partial charge in [0.15, 0.2) is 11.6 Å². The van der Waals surface area contributed by atoms with E-state index >= 15 is 0 Å². The molecule has 28 heavy (non-hydrogen) atoms. The molecule has 0 radical (unpaired) electrons. The number of halogens is 1. The Kier molecular flexibility index (Phi) is 6.40. The predicted octanol–water partition coefficient (Wildman–Crippen LogP) is 3.19. The average Bonchev–Trinajstić information content (AvgIpc) is 3.19. The van der Waals surface area contributed by atoms with Crippen LogP contribution in [0.4, 0.5) is 15.9 Å². The fourth-order valence-electron chi connectivity index (χ4n) is 2.79. The molecular weight excluding hydrogens is 361 g/mol. The van der Waals surface area contributed by atoms with Gasteiger partial charge in [-0.3, -0.25) is 9.36 Å². The minimum atomic E-state index is -0.511. The summed E-state index contributed by atoms with van der Waals surface area (Å²) in [6.07, 6.45) is 3.63. The zero-order chi connectivity index (χ0) is 21.0. The normalized spacial score (nSPS) is 10.2. The number of nitrogen functional groups attached to an aromatic ring is 2. The van der Waals surface area contributed by atoms with E-state index in [1.165, 1.54) is 11.8 Å². The number of benzene rings is 1. The number of rotatable bonds is 1. The number of aromatic nitrogens is 5. The molecule has 4 aromatic rings. The van der Waals surface area contributed by atoms with Crippen LogP contribution in [0.25, 0.3) is 21.8 Å². The van der Waals surface area contributed by atoms with E-state index in [9.17, 15) is 4.39 Å². The van der Waals surface area contributed by atoms with Crippen LogP contribution in [-0.4, -0.2) is 31.7 Å². The van der Waals surface area contributed by atoms with E-state index < -0.39 is 5.82 Å². The molecule has 0 amide bonds. The molecule has 150 valence electrons. The predicted molar refractivity (Wildman–Crippen MR) is 111 cm³/mol. The van der Waals surface area contributed by atoms with Crippen LogP contribution in [0.15, 0.2) is 24.5 Å². The van der Waals surface area contributed by atoms with Crippen LogP contribution in [0.1, 0.15) is 19.5 Å². The van der Waals surface area contributed by atoms with Gasteiger partial charge in [-0.1, -0.05) is 13.8 Å². The first-order chi connectivity index (χ1) is 13.3. The van der Waals surface area contributed by atoms with Gasteiger partial charge in [-0.2, -0.15) is 10.2 Å². The van der Waals surface area contributed by atoms with Crippen molar-refractivity contribution in [1.29, 1.82) is 0 Å². The van der Waals surface area contributed by atoms with E-state index in [0.29, 0.717) is 11.2 Å². The Morgan fingerprint density at radius 3 is 2.07 bits per heavy atom. The molecule has 0 spiro atoms. The second-order valence-corrected chi connectivity index (χ2v) is 5.93. The minimum Gasteiger partial charge on any atom is -0.492 e. The van der Waals surface area contributed by atoms with Gasteiger partial charge < -0.3 is 16.2 Å². The first-order valence-corrected chi connectivity index (χ1v) is 8.82. The largest absolute Gasteiger partial charge is 0.492 e. The maximum Gasteiger partial charge on any atom is 0.195 e. The fraction of sp³-hybridized carbons (Fsp3) is 0.316. The third kappa shape index (κ3) is 4.13. The van der Waals surface area contributed by atoms with Crippen molar-refractivity contribution in [3.05, 3.63) is 36.0 Å². The van der Waals surface area contributed by atoms with Crippen molar-refractivity contribution >= 4 is 33.3 Å². The molecule has 3 heterocycles. The lowest BCUT2D eigenvalue weighted by molar-refractivity contribution is 0.391. The minimum absolute atomic E-state index is 0.0520. The molecule has 0 atom stereocenters. The standard InChI is InChI=1S/C9H10FN3O.C8H10N4.C2H6/c1-13-4-5-3-6(11)9(14-2)7(10)8(5)12-13;1-5-8-6(3-7(9)10-5)4-12(2)11-8;1-2/h3-4H,11H2,1-2H3;3-4H,9H2,1-2H3;1-2H3. The number of nitrogens with two attached hydrogens (primary N) is 2. The number of aryl methyl sites for hydroxylation is 3. The average molecular weight is 387 g/mol. The molecule has 4 rings (SSSR count). The topological polar surface area (TPSA) is 110 Å². The van der Waals surface area contributed by atoms with Gasteiger partial charge in [0.2, 0.25) is 0 Å². The highest BCUT2D eigenvalue weighted by Gasteiger charge is 2.14. The molecule has 0 bridgehead atoms. The number of methoxy groups -OCH3 is 1. The molecule has 0 saturated heterocycles. The number of hydrogen-bond donors (Lipinski definition) is 2. The van der Waals surface area contributed by atoms with Gasteiger partial charge in [-0.15, -0.1) is 0 Å². The zero-order valence-electron chi connectivity index (χ0n) is 17.0. The van der Waals surface area contributed by atoms with E-state index in [1.54, 1.807) is 24.0 Å². The van der Waals surface area contributed by atoms with Crippen molar-refractivity contribution < 1.29 is 9.13 Å². The summed E-state index contributed by atoms with van der Waals surface area (Å²) in [7, 11) is 4.99. The Bertz CT molecular complexity index is 1100. The van der Waals surface area contributed by atoms with Crippen molar-refractivity contribution in [2.45, 2.75) is 20.8 Å². The van der Waals surface area contributed by atoms with E-state index in [1.807, 2.05) is 40.1 Å². The highest BCUT2D eigenvalue weighted by molar-refractivity contribution is 5.85. The summed E-state index contributed by atoms with van der Waals surface area (Å²) in [5, 5.41) is 9.93. The third-order valence-corrected chi connectivity index (χ3v) is 3.84. The molecule has 0 aliphatic heterocycles. The molecule has 0 fully saturated rings. The Morgan fingerprint density at radius 2 is 1.50 bits per heavy atom. The van der Waals surface area contributed by atoms with E-state index in [0.717, 1.165) is 16.6 Å². The molecule has 1 aromatic carbocycles. The van der Waals surface area contributed by atoms with Gasteiger partial charge in [0.05, 0.1) is 18.5 Å². The lowest BCUT2D eigenvalue weighted by atomic mass is 10.2. The summed E-state index contributed by atoms with van der Waals surface area (Å²) in [4.78, 5) is 4.12. The van der Waals surface area contributed by atoms with Crippen LogP contribution in [0.2, 0.25) is 0 Å². The number of hydrogen-bond acceptors (Lipinski definition) is 6. The van der Waals surface area contributed by atoms with Crippen LogP contribution < -0.4 is 16.2 Å². The van der Waals surface area contributed by atoms with Crippen molar-refractivity contribution in [2.75, 3.05) is 18.6 Å². The highest BCUT2D eigenvalue weighted by atomic mass is 19.1. The Labute approximate surface area is 162 Å². The van der Waals surface area contributed by atoms with Gasteiger partial charge in [-0.05, 0) is 19.1 Å². The van der Waals surface area contributed by atoms with E-state index in [2.05, 4.69) is 15.2 Å². The van der Waals surface area contributed by atoms with Crippen molar-refractivity contribution in [3.8, 4) is 5.75 Å². The van der Waals surface area contributed by atoms with Crippen LogP contribution >= 0.6 is 0 Å². The van der Waals surface area contributed by atoms with Crippen LogP contribution in [0.3, 0.4) is 0 Å². The molecule has 0 aliphatic rings. The van der Waals surface area contributed by atoms with Crippen molar-refractivity contribution in [1.82, 2.24) is 24.5 Å². The molecular formula is C19H26FN7O. The maximum absolute atomic E-state index is 13.7. The molecule has 0 saturated carbocycles. The second kappa shape index (κ2) is 8.55. The quantitative estimate of drug-likeness (QED) is 0.485. The highest BCUT2D eigenvalue weighted by Crippen LogP contribution is 2.31. The third-order valence-electron chi connectivity index (χ3n) is 3.84. The van der Waals surface area contributed by atoms with Gasteiger partial charge in [0.1, 0.15) is 16.9 Å². The van der Waals surface area contributed by atoms with E-state index in [-0.39, 0.29) is 17.0 Å². The summed E-state index contributed by atoms with van der Waals surface area (Å²) < 4.78 is 21.8. The number of pyridine rings is 1. The molecule has 0 aliphatic carbocycles. The summed E-state index contributed by atoms with van der Waals surface area (Å²) in [5.74, 6) is 0.0901. The number of ether oxygens (including phenoxy) is 1. The Balaban J connectivity index is 0.000000186. The fourth-order valence-corrected chi connectivity index (χ4v) is 2.79. The summed E-state index contributed by atoms with van der Waals surface area (Å²) in [5.41, 5.74) is 13.6. The van der Waals surface area contributed by atoms with Gasteiger partial charge >= 0.3 is 0 Å². The first kappa shape index (κ1) is 20.9. The van der Waals surface area contributed by atoms with Crippen LogP contribution in [-0.2, 0) is 14.1 Å². The van der Waals surface area contributed by atoms with Gasteiger partial charge in [-0.25, -0.2) is 9.37 Å². The second-order valence-electron chi connectivity index (χ2n) is 5.93. The monoisotopic (exact) mass is 387 g/mol. The number of anilines is 2. The molecule has 8 nitrogen and oxygen atoms in total. The molecule has 4 N–H and O–H groups in total. The lowest BCUT2D eigenvalue weighted by Gasteiger charge is -2.04. The lowest BCUT2D eigenvalue weighted by Crippen LogP contribution is -1.96. The molecule has 0 unspecified atom stereocenters. The van der Waals surface area contributed by atoms with Crippen molar-refractivity contribution in [2.24, 2.45) is 14.1 Å². The number of nitrogens with zero attached hydrogens (tertiary/aromatic N) is 5. The SMILES string of the molecule is CC.COc1c(N)cc2cn(C)nc2c1F.Cc1nc(N)cc2cn(C)nc12. The first-order valence-electron chi connectivity index (χ1n) is 8.82. The van der Waals surface area contributed by atoms with Gasteiger partial charge in [0, 0.05) is 37.3 Å².